The zero-order valence-electron chi connectivity index (χ0n) is 37.3. The second-order valence-corrected chi connectivity index (χ2v) is 16.0. The molecule has 1 saturated carbocycles. The van der Waals surface area contributed by atoms with Gasteiger partial charge in [-0.3, -0.25) is 38.4 Å². The number of carbonyl (C=O) groups excluding carboxylic acids is 8. The molecule has 2 rings (SSSR count). The maximum Gasteiger partial charge on any atom is 0.306 e. The molecule has 2 fully saturated rings. The lowest BCUT2D eigenvalue weighted by molar-refractivity contribution is -0.326. The predicted octanol–water partition coefficient (Wildman–Crippen LogP) is 5.29. The van der Waals surface area contributed by atoms with Crippen LogP contribution in [0.25, 0.3) is 0 Å². The van der Waals surface area contributed by atoms with E-state index >= 15 is 0 Å². The summed E-state index contributed by atoms with van der Waals surface area (Å²) < 4.78 is 56.6. The first kappa shape index (κ1) is 52.8. The molecule has 1 aliphatic heterocycles. The topological polar surface area (TPSA) is 229 Å². The number of carbonyl (C=O) groups is 8. The van der Waals surface area contributed by atoms with Gasteiger partial charge in [-0.05, 0) is 12.3 Å². The number of rotatable bonds is 25. The Morgan fingerprint density at radius 1 is 0.410 bits per heavy atom. The summed E-state index contributed by atoms with van der Waals surface area (Å²) in [6.45, 7) is 11.3. The molecule has 1 heterocycles. The van der Waals surface area contributed by atoms with Crippen LogP contribution in [0.2, 0.25) is 0 Å². The van der Waals surface area contributed by atoms with Crippen LogP contribution >= 0.6 is 0 Å². The van der Waals surface area contributed by atoms with Gasteiger partial charge in [0.25, 0.3) is 0 Å². The molecule has 0 radical (unpaired) electrons. The van der Waals surface area contributed by atoms with Gasteiger partial charge in [-0.2, -0.15) is 0 Å². The van der Waals surface area contributed by atoms with Crippen molar-refractivity contribution < 1.29 is 85.7 Å². The number of esters is 8. The average Bonchev–Trinajstić information content (AvgIpc) is 3.13. The van der Waals surface area contributed by atoms with Crippen molar-refractivity contribution in [3.8, 4) is 0 Å². The molecule has 1 saturated heterocycles. The van der Waals surface area contributed by atoms with Crippen molar-refractivity contribution in [2.75, 3.05) is 6.61 Å². The molecule has 0 unspecified atom stereocenters. The molecule has 18 nitrogen and oxygen atoms in total. The van der Waals surface area contributed by atoms with Crippen molar-refractivity contribution in [2.24, 2.45) is 5.92 Å². The third-order valence-electron chi connectivity index (χ3n) is 9.93. The highest BCUT2D eigenvalue weighted by Crippen LogP contribution is 2.37. The SMILES string of the molecule is CC(=O)O[C@H]1[C@H](OC(C)=O)[C@@H](OC(C)=O)[C@H](O[C@@H]2OC[C@@H](OC(C)=O)[C@H](OC(C)=O)[C@@H]2OC(C)=O)[C@H](OC(=O)CCCCCCCCCCCCCCC(C)C)[C@@H]1OC(C)=O. The Labute approximate surface area is 358 Å². The van der Waals surface area contributed by atoms with Gasteiger partial charge in [-0.25, -0.2) is 0 Å². The normalized spacial score (nSPS) is 26.0. The number of unbranched alkanes of at least 4 members (excludes halogenated alkanes) is 11. The summed E-state index contributed by atoms with van der Waals surface area (Å²) in [5, 5.41) is 0. The average molecular weight is 873 g/mol. The van der Waals surface area contributed by atoms with Gasteiger partial charge in [0.2, 0.25) is 0 Å². The molecule has 0 aromatic carbocycles. The van der Waals surface area contributed by atoms with E-state index < -0.39 is 116 Å². The van der Waals surface area contributed by atoms with E-state index in [2.05, 4.69) is 13.8 Å². The zero-order valence-corrected chi connectivity index (χ0v) is 37.3. The Balaban J connectivity index is 2.39. The lowest BCUT2D eigenvalue weighted by Gasteiger charge is -2.49. The van der Waals surface area contributed by atoms with Crippen LogP contribution in [-0.2, 0) is 85.7 Å². The predicted molar refractivity (Wildman–Crippen MR) is 213 cm³/mol. The molecule has 0 aromatic rings. The largest absolute Gasteiger partial charge is 0.456 e. The Morgan fingerprint density at radius 3 is 1.13 bits per heavy atom. The summed E-state index contributed by atoms with van der Waals surface area (Å²) >= 11 is 0. The zero-order chi connectivity index (χ0) is 45.6. The molecule has 61 heavy (non-hydrogen) atoms. The fourth-order valence-corrected chi connectivity index (χ4v) is 7.49. The molecule has 1 aliphatic carbocycles. The van der Waals surface area contributed by atoms with Gasteiger partial charge < -0.3 is 47.4 Å². The number of hydrogen-bond donors (Lipinski definition) is 0. The molecule has 18 heteroatoms. The highest BCUT2D eigenvalue weighted by Gasteiger charge is 2.61. The Hall–Kier alpha value is -4.32. The van der Waals surface area contributed by atoms with Crippen molar-refractivity contribution in [1.82, 2.24) is 0 Å². The highest BCUT2D eigenvalue weighted by atomic mass is 16.7. The summed E-state index contributed by atoms with van der Waals surface area (Å²) in [5.41, 5.74) is 0. The molecule has 0 N–H and O–H groups in total. The smallest absolute Gasteiger partial charge is 0.306 e. The van der Waals surface area contributed by atoms with E-state index in [9.17, 15) is 38.4 Å². The molecule has 10 atom stereocenters. The standard InChI is InChI=1S/C43H68O18/c1-25(2)22-20-18-16-14-12-10-11-13-15-17-19-21-23-34(51)60-40-38(57-30(7)48)36(55-28(5)46)37(56-29(6)47)39(58-31(8)49)41(40)61-43-42(59-32(9)50)35(54-27(4)45)33(24-52-43)53-26(3)44/h25,33,35-43H,10-24H2,1-9H3/t33-,35+,36+,37+,38-,39-,40-,41+,42+,43+/m1/s1. The lowest BCUT2D eigenvalue weighted by atomic mass is 9.83. The summed E-state index contributed by atoms with van der Waals surface area (Å²) in [6, 6.07) is 0. The Kier molecular flexibility index (Phi) is 23.9. The maximum atomic E-state index is 13.6. The van der Waals surface area contributed by atoms with E-state index in [1.807, 2.05) is 0 Å². The van der Waals surface area contributed by atoms with E-state index in [0.29, 0.717) is 12.8 Å². The van der Waals surface area contributed by atoms with E-state index in [-0.39, 0.29) is 6.42 Å². The molecular formula is C43H68O18. The molecule has 0 bridgehead atoms. The monoisotopic (exact) mass is 872 g/mol. The first-order valence-electron chi connectivity index (χ1n) is 21.5. The van der Waals surface area contributed by atoms with Crippen LogP contribution < -0.4 is 0 Å². The van der Waals surface area contributed by atoms with Gasteiger partial charge in [0.05, 0.1) is 6.61 Å². The molecular weight excluding hydrogens is 804 g/mol. The van der Waals surface area contributed by atoms with Gasteiger partial charge in [0.15, 0.2) is 55.1 Å². The van der Waals surface area contributed by atoms with Crippen molar-refractivity contribution in [1.29, 1.82) is 0 Å². The van der Waals surface area contributed by atoms with Crippen LogP contribution in [0.1, 0.15) is 152 Å². The van der Waals surface area contributed by atoms with Gasteiger partial charge in [0.1, 0.15) is 6.10 Å². The Bertz CT molecular complexity index is 1450. The number of ether oxygens (including phenoxy) is 10. The van der Waals surface area contributed by atoms with Crippen LogP contribution in [0.5, 0.6) is 0 Å². The van der Waals surface area contributed by atoms with Crippen molar-refractivity contribution >= 4 is 47.8 Å². The van der Waals surface area contributed by atoms with Gasteiger partial charge in [0, 0.05) is 54.9 Å². The van der Waals surface area contributed by atoms with E-state index in [0.717, 1.165) is 80.1 Å². The van der Waals surface area contributed by atoms with Crippen LogP contribution in [-0.4, -0.2) is 116 Å². The van der Waals surface area contributed by atoms with Crippen molar-refractivity contribution in [3.63, 3.8) is 0 Å². The van der Waals surface area contributed by atoms with Crippen LogP contribution in [0, 0.1) is 5.92 Å². The second-order valence-electron chi connectivity index (χ2n) is 16.0. The van der Waals surface area contributed by atoms with Crippen LogP contribution in [0.3, 0.4) is 0 Å². The molecule has 0 amide bonds. The van der Waals surface area contributed by atoms with Crippen LogP contribution in [0.15, 0.2) is 0 Å². The van der Waals surface area contributed by atoms with Gasteiger partial charge in [-0.1, -0.05) is 90.9 Å². The van der Waals surface area contributed by atoms with E-state index in [1.165, 1.54) is 44.9 Å². The minimum Gasteiger partial charge on any atom is -0.456 e. The Morgan fingerprint density at radius 2 is 0.738 bits per heavy atom. The first-order chi connectivity index (χ1) is 28.8. The van der Waals surface area contributed by atoms with E-state index in [4.69, 9.17) is 47.4 Å². The highest BCUT2D eigenvalue weighted by molar-refractivity contribution is 5.71. The minimum absolute atomic E-state index is 0.0920. The lowest BCUT2D eigenvalue weighted by Crippen LogP contribution is -2.70. The summed E-state index contributed by atoms with van der Waals surface area (Å²) in [7, 11) is 0. The third kappa shape index (κ3) is 19.9. The van der Waals surface area contributed by atoms with Crippen molar-refractivity contribution in [3.05, 3.63) is 0 Å². The quantitative estimate of drug-likeness (QED) is 0.0644. The minimum atomic E-state index is -1.78. The molecule has 2 aliphatic rings. The van der Waals surface area contributed by atoms with Gasteiger partial charge >= 0.3 is 47.8 Å². The van der Waals surface area contributed by atoms with Gasteiger partial charge in [-0.15, -0.1) is 0 Å². The third-order valence-corrected chi connectivity index (χ3v) is 9.93. The number of hydrogen-bond acceptors (Lipinski definition) is 18. The fraction of sp³-hybridized carbons (Fsp3) is 0.814. The summed E-state index contributed by atoms with van der Waals surface area (Å²) in [4.78, 5) is 101. The molecule has 0 aromatic heterocycles. The second kappa shape index (κ2) is 27.6. The fourth-order valence-electron chi connectivity index (χ4n) is 7.49. The van der Waals surface area contributed by atoms with Crippen molar-refractivity contribution in [2.45, 2.75) is 213 Å². The molecule has 0 spiro atoms. The summed E-state index contributed by atoms with van der Waals surface area (Å²) in [6.07, 6.45) is -2.72. The maximum absolute atomic E-state index is 13.6. The van der Waals surface area contributed by atoms with Crippen LogP contribution in [0.4, 0.5) is 0 Å². The van der Waals surface area contributed by atoms with E-state index in [1.54, 1.807) is 0 Å². The first-order valence-corrected chi connectivity index (χ1v) is 21.5. The molecule has 348 valence electrons. The summed E-state index contributed by atoms with van der Waals surface area (Å²) in [5.74, 6) is -6.30.